The highest BCUT2D eigenvalue weighted by Gasteiger charge is 2.14. The topological polar surface area (TPSA) is 66.4 Å². The van der Waals surface area contributed by atoms with Crippen LogP contribution in [-0.4, -0.2) is 13.5 Å². The Kier molecular flexibility index (Phi) is 4.20. The molecule has 2 N–H and O–H groups in total. The van der Waals surface area contributed by atoms with E-state index < -0.39 is 10.0 Å². The molecular formula is C14H14ClNO3S. The largest absolute Gasteiger partial charge is 0.506 e. The van der Waals surface area contributed by atoms with Crippen LogP contribution < -0.4 is 4.72 Å². The van der Waals surface area contributed by atoms with Crippen LogP contribution in [0.1, 0.15) is 12.5 Å². The van der Waals surface area contributed by atoms with Crippen LogP contribution in [0.3, 0.4) is 0 Å². The summed E-state index contributed by atoms with van der Waals surface area (Å²) in [6.07, 6.45) is 0.849. The maximum Gasteiger partial charge on any atom is 0.261 e. The first-order valence-electron chi connectivity index (χ1n) is 6.02. The van der Waals surface area contributed by atoms with Gasteiger partial charge in [0.1, 0.15) is 5.75 Å². The molecule has 0 bridgehead atoms. The lowest BCUT2D eigenvalue weighted by atomic mass is 10.2. The molecule has 0 aromatic heterocycles. The van der Waals surface area contributed by atoms with E-state index in [9.17, 15) is 13.5 Å². The third-order valence-corrected chi connectivity index (χ3v) is 4.54. The van der Waals surface area contributed by atoms with Crippen molar-refractivity contribution >= 4 is 27.3 Å². The molecule has 4 nitrogen and oxygen atoms in total. The zero-order valence-electron chi connectivity index (χ0n) is 10.8. The van der Waals surface area contributed by atoms with Crippen molar-refractivity contribution in [1.82, 2.24) is 0 Å². The van der Waals surface area contributed by atoms with Gasteiger partial charge >= 0.3 is 0 Å². The van der Waals surface area contributed by atoms with E-state index in [1.54, 1.807) is 24.3 Å². The lowest BCUT2D eigenvalue weighted by Gasteiger charge is -2.09. The molecule has 2 rings (SSSR count). The summed E-state index contributed by atoms with van der Waals surface area (Å²) in [6, 6.07) is 10.8. The van der Waals surface area contributed by atoms with Gasteiger partial charge in [-0.1, -0.05) is 30.7 Å². The van der Waals surface area contributed by atoms with Crippen molar-refractivity contribution in [2.24, 2.45) is 0 Å². The van der Waals surface area contributed by atoms with Gasteiger partial charge in [-0.2, -0.15) is 0 Å². The molecule has 0 atom stereocenters. The van der Waals surface area contributed by atoms with Crippen LogP contribution >= 0.6 is 11.6 Å². The SMILES string of the molecule is CCc1ccc(S(=O)(=O)Nc2ccc(O)c(Cl)c2)cc1. The van der Waals surface area contributed by atoms with Crippen molar-refractivity contribution in [3.63, 3.8) is 0 Å². The summed E-state index contributed by atoms with van der Waals surface area (Å²) < 4.78 is 26.8. The van der Waals surface area contributed by atoms with Gasteiger partial charge in [-0.3, -0.25) is 4.72 Å². The molecule has 0 spiro atoms. The van der Waals surface area contributed by atoms with E-state index in [2.05, 4.69) is 4.72 Å². The minimum absolute atomic E-state index is 0.0894. The third-order valence-electron chi connectivity index (χ3n) is 2.84. The van der Waals surface area contributed by atoms with Crippen LogP contribution in [0, 0.1) is 0 Å². The molecule has 0 saturated heterocycles. The van der Waals surface area contributed by atoms with E-state index in [-0.39, 0.29) is 15.7 Å². The Morgan fingerprint density at radius 1 is 1.15 bits per heavy atom. The van der Waals surface area contributed by atoms with Gasteiger partial charge in [-0.15, -0.1) is 0 Å². The fourth-order valence-corrected chi connectivity index (χ4v) is 2.92. The number of rotatable bonds is 4. The number of nitrogens with one attached hydrogen (secondary N) is 1. The van der Waals surface area contributed by atoms with E-state index in [4.69, 9.17) is 11.6 Å². The number of anilines is 1. The molecule has 0 fully saturated rings. The molecule has 20 heavy (non-hydrogen) atoms. The molecule has 0 radical (unpaired) electrons. The summed E-state index contributed by atoms with van der Waals surface area (Å²) in [4.78, 5) is 0.180. The van der Waals surface area contributed by atoms with Crippen LogP contribution in [-0.2, 0) is 16.4 Å². The molecular weight excluding hydrogens is 298 g/mol. The number of aromatic hydroxyl groups is 1. The second-order valence-electron chi connectivity index (χ2n) is 4.27. The van der Waals surface area contributed by atoms with E-state index in [1.807, 2.05) is 6.92 Å². The van der Waals surface area contributed by atoms with Crippen molar-refractivity contribution in [3.05, 3.63) is 53.1 Å². The van der Waals surface area contributed by atoms with Gasteiger partial charge in [-0.25, -0.2) is 8.42 Å². The van der Waals surface area contributed by atoms with E-state index in [0.29, 0.717) is 5.69 Å². The molecule has 0 aliphatic carbocycles. The predicted molar refractivity (Wildman–Crippen MR) is 79.7 cm³/mol. The first kappa shape index (κ1) is 14.7. The summed E-state index contributed by atoms with van der Waals surface area (Å²) >= 11 is 5.74. The predicted octanol–water partition coefficient (Wildman–Crippen LogP) is 3.41. The number of benzene rings is 2. The Balaban J connectivity index is 2.27. The summed E-state index contributed by atoms with van der Waals surface area (Å²) in [6.45, 7) is 2.00. The van der Waals surface area contributed by atoms with E-state index in [0.717, 1.165) is 12.0 Å². The van der Waals surface area contributed by atoms with Crippen LogP contribution in [0.15, 0.2) is 47.4 Å². The molecule has 0 aliphatic rings. The fraction of sp³-hybridized carbons (Fsp3) is 0.143. The van der Waals surface area contributed by atoms with Crippen molar-refractivity contribution in [3.8, 4) is 5.75 Å². The minimum atomic E-state index is -3.66. The van der Waals surface area contributed by atoms with Crippen LogP contribution in [0.2, 0.25) is 5.02 Å². The Morgan fingerprint density at radius 2 is 1.80 bits per heavy atom. The standard InChI is InChI=1S/C14H14ClNO3S/c1-2-10-3-6-12(7-4-10)20(18,19)16-11-5-8-14(17)13(15)9-11/h3-9,16-17H,2H2,1H3. The number of halogens is 1. The quantitative estimate of drug-likeness (QED) is 0.850. The average Bonchev–Trinajstić information content (AvgIpc) is 2.43. The number of phenols is 1. The van der Waals surface area contributed by atoms with Crippen molar-refractivity contribution in [1.29, 1.82) is 0 Å². The Labute approximate surface area is 123 Å². The lowest BCUT2D eigenvalue weighted by molar-refractivity contribution is 0.475. The summed E-state index contributed by atoms with van der Waals surface area (Å²) in [5.41, 5.74) is 1.36. The lowest BCUT2D eigenvalue weighted by Crippen LogP contribution is -2.12. The highest BCUT2D eigenvalue weighted by molar-refractivity contribution is 7.92. The molecule has 2 aromatic carbocycles. The first-order chi connectivity index (χ1) is 9.42. The Morgan fingerprint density at radius 3 is 2.35 bits per heavy atom. The molecule has 0 saturated carbocycles. The van der Waals surface area contributed by atoms with Gasteiger partial charge in [0.15, 0.2) is 0 Å². The Hall–Kier alpha value is -1.72. The van der Waals surface area contributed by atoms with Crippen molar-refractivity contribution in [2.75, 3.05) is 4.72 Å². The summed E-state index contributed by atoms with van der Waals surface area (Å²) in [5.74, 6) is -0.0955. The number of aryl methyl sites for hydroxylation is 1. The first-order valence-corrected chi connectivity index (χ1v) is 7.89. The Bertz CT molecular complexity index is 712. The highest BCUT2D eigenvalue weighted by atomic mass is 35.5. The maximum atomic E-state index is 12.2. The number of hydrogen-bond acceptors (Lipinski definition) is 3. The maximum absolute atomic E-state index is 12.2. The fourth-order valence-electron chi connectivity index (χ4n) is 1.69. The molecule has 6 heteroatoms. The molecule has 0 aliphatic heterocycles. The van der Waals surface area contributed by atoms with E-state index in [1.165, 1.54) is 18.2 Å². The summed E-state index contributed by atoms with van der Waals surface area (Å²) in [5, 5.41) is 9.40. The second kappa shape index (κ2) is 5.73. The minimum Gasteiger partial charge on any atom is -0.506 e. The third kappa shape index (κ3) is 3.23. The van der Waals surface area contributed by atoms with Gasteiger partial charge in [0, 0.05) is 0 Å². The summed E-state index contributed by atoms with van der Waals surface area (Å²) in [7, 11) is -3.66. The van der Waals surface area contributed by atoms with Crippen molar-refractivity contribution < 1.29 is 13.5 Å². The van der Waals surface area contributed by atoms with Gasteiger partial charge in [0.2, 0.25) is 0 Å². The second-order valence-corrected chi connectivity index (χ2v) is 6.36. The zero-order valence-corrected chi connectivity index (χ0v) is 12.4. The molecule has 0 heterocycles. The van der Waals surface area contributed by atoms with Crippen LogP contribution in [0.4, 0.5) is 5.69 Å². The smallest absolute Gasteiger partial charge is 0.261 e. The van der Waals surface area contributed by atoms with Gasteiger partial charge in [-0.05, 0) is 42.3 Å². The highest BCUT2D eigenvalue weighted by Crippen LogP contribution is 2.27. The zero-order chi connectivity index (χ0) is 14.8. The molecule has 2 aromatic rings. The van der Waals surface area contributed by atoms with E-state index >= 15 is 0 Å². The number of phenolic OH excluding ortho intramolecular Hbond substituents is 1. The van der Waals surface area contributed by atoms with Crippen LogP contribution in [0.25, 0.3) is 0 Å². The average molecular weight is 312 g/mol. The van der Waals surface area contributed by atoms with Crippen molar-refractivity contribution in [2.45, 2.75) is 18.2 Å². The normalized spacial score (nSPS) is 11.3. The monoisotopic (exact) mass is 311 g/mol. The molecule has 106 valence electrons. The van der Waals surface area contributed by atoms with Gasteiger partial charge in [0.05, 0.1) is 15.6 Å². The number of hydrogen-bond donors (Lipinski definition) is 2. The van der Waals surface area contributed by atoms with Gasteiger partial charge in [0.25, 0.3) is 10.0 Å². The number of sulfonamides is 1. The van der Waals surface area contributed by atoms with Crippen LogP contribution in [0.5, 0.6) is 5.75 Å². The van der Waals surface area contributed by atoms with Gasteiger partial charge < -0.3 is 5.11 Å². The molecule has 0 unspecified atom stereocenters. The molecule has 0 amide bonds.